The Morgan fingerprint density at radius 2 is 1.95 bits per heavy atom. The van der Waals surface area contributed by atoms with E-state index < -0.39 is 0 Å². The highest BCUT2D eigenvalue weighted by atomic mass is 16.5. The number of nitrogens with zero attached hydrogens (tertiary/aromatic N) is 1. The summed E-state index contributed by atoms with van der Waals surface area (Å²) in [5.41, 5.74) is 1.96. The van der Waals surface area contributed by atoms with Gasteiger partial charge < -0.3 is 9.84 Å². The van der Waals surface area contributed by atoms with Crippen LogP contribution in [0.2, 0.25) is 0 Å². The molecular formula is C16H19NO2. The van der Waals surface area contributed by atoms with E-state index in [1.807, 2.05) is 49.4 Å². The van der Waals surface area contributed by atoms with Crippen molar-refractivity contribution in [2.24, 2.45) is 0 Å². The van der Waals surface area contributed by atoms with Gasteiger partial charge >= 0.3 is 0 Å². The van der Waals surface area contributed by atoms with E-state index in [1.54, 1.807) is 6.20 Å². The fraction of sp³-hybridized carbons (Fsp3) is 0.312. The van der Waals surface area contributed by atoms with Crippen molar-refractivity contribution in [2.75, 3.05) is 6.61 Å². The van der Waals surface area contributed by atoms with Crippen LogP contribution in [0.25, 0.3) is 0 Å². The quantitative estimate of drug-likeness (QED) is 0.864. The number of rotatable bonds is 6. The first-order chi connectivity index (χ1) is 9.29. The van der Waals surface area contributed by atoms with Gasteiger partial charge in [0, 0.05) is 18.3 Å². The Morgan fingerprint density at radius 1 is 1.16 bits per heavy atom. The van der Waals surface area contributed by atoms with Crippen molar-refractivity contribution in [3.05, 3.63) is 59.9 Å². The highest BCUT2D eigenvalue weighted by Crippen LogP contribution is 2.19. The predicted molar refractivity (Wildman–Crippen MR) is 75.1 cm³/mol. The largest absolute Gasteiger partial charge is 0.493 e. The van der Waals surface area contributed by atoms with Crippen LogP contribution in [-0.4, -0.2) is 16.7 Å². The molecule has 0 spiro atoms. The third kappa shape index (κ3) is 4.07. The van der Waals surface area contributed by atoms with Gasteiger partial charge in [0.2, 0.25) is 0 Å². The third-order valence-corrected chi connectivity index (χ3v) is 3.00. The predicted octanol–water partition coefficient (Wildman–Crippen LogP) is 3.15. The third-order valence-electron chi connectivity index (χ3n) is 3.00. The fourth-order valence-corrected chi connectivity index (χ4v) is 1.84. The lowest BCUT2D eigenvalue weighted by Crippen LogP contribution is -2.03. The minimum atomic E-state index is -0.387. The second kappa shape index (κ2) is 6.90. The molecule has 0 amide bonds. The van der Waals surface area contributed by atoms with Gasteiger partial charge in [0.05, 0.1) is 12.7 Å². The number of aromatic nitrogens is 1. The highest BCUT2D eigenvalue weighted by molar-refractivity contribution is 5.28. The Kier molecular flexibility index (Phi) is 4.93. The van der Waals surface area contributed by atoms with Crippen LogP contribution in [0.3, 0.4) is 0 Å². The molecule has 19 heavy (non-hydrogen) atoms. The maximum Gasteiger partial charge on any atom is 0.119 e. The first-order valence-electron chi connectivity index (χ1n) is 6.60. The van der Waals surface area contributed by atoms with Gasteiger partial charge in [0.15, 0.2) is 0 Å². The molecule has 1 aromatic heterocycles. The molecule has 1 heterocycles. The molecule has 0 saturated carbocycles. The maximum absolute atomic E-state index is 9.70. The Balaban J connectivity index is 1.83. The maximum atomic E-state index is 9.70. The van der Waals surface area contributed by atoms with Crippen LogP contribution in [0, 0.1) is 0 Å². The van der Waals surface area contributed by atoms with Gasteiger partial charge in [-0.2, -0.15) is 0 Å². The molecule has 1 unspecified atom stereocenters. The van der Waals surface area contributed by atoms with Crippen LogP contribution in [0.4, 0.5) is 0 Å². The van der Waals surface area contributed by atoms with Gasteiger partial charge in [0.1, 0.15) is 5.75 Å². The molecule has 0 bridgehead atoms. The Bertz CT molecular complexity index is 482. The number of hydrogen-bond acceptors (Lipinski definition) is 3. The molecule has 100 valence electrons. The van der Waals surface area contributed by atoms with E-state index in [0.29, 0.717) is 6.61 Å². The number of benzene rings is 1. The number of ether oxygens (including phenoxy) is 1. The lowest BCUT2D eigenvalue weighted by Gasteiger charge is -2.10. The van der Waals surface area contributed by atoms with Gasteiger partial charge in [-0.25, -0.2) is 0 Å². The summed E-state index contributed by atoms with van der Waals surface area (Å²) in [5.74, 6) is 0.822. The Hall–Kier alpha value is -1.87. The summed E-state index contributed by atoms with van der Waals surface area (Å²) in [6, 6.07) is 13.5. The Labute approximate surface area is 113 Å². The zero-order valence-electron chi connectivity index (χ0n) is 11.1. The second-order valence-electron chi connectivity index (χ2n) is 4.41. The molecule has 0 aliphatic carbocycles. The monoisotopic (exact) mass is 257 g/mol. The number of pyridine rings is 1. The number of aliphatic hydroxyl groups excluding tert-OH is 1. The van der Waals surface area contributed by atoms with Gasteiger partial charge in [-0.3, -0.25) is 4.98 Å². The van der Waals surface area contributed by atoms with Crippen LogP contribution < -0.4 is 4.74 Å². The van der Waals surface area contributed by atoms with Crippen LogP contribution in [0.15, 0.2) is 48.7 Å². The normalized spacial score (nSPS) is 12.1. The molecule has 0 saturated heterocycles. The number of hydrogen-bond donors (Lipinski definition) is 1. The zero-order valence-corrected chi connectivity index (χ0v) is 11.1. The zero-order chi connectivity index (χ0) is 13.5. The minimum Gasteiger partial charge on any atom is -0.493 e. The van der Waals surface area contributed by atoms with E-state index in [1.165, 1.54) is 0 Å². The van der Waals surface area contributed by atoms with Crippen molar-refractivity contribution >= 4 is 0 Å². The minimum absolute atomic E-state index is 0.387. The molecule has 2 rings (SSSR count). The lowest BCUT2D eigenvalue weighted by atomic mass is 10.1. The van der Waals surface area contributed by atoms with Crippen LogP contribution >= 0.6 is 0 Å². The summed E-state index contributed by atoms with van der Waals surface area (Å²) in [6.07, 6.45) is 2.92. The van der Waals surface area contributed by atoms with E-state index >= 15 is 0 Å². The van der Waals surface area contributed by atoms with E-state index in [2.05, 4.69) is 4.98 Å². The molecule has 1 N–H and O–H groups in total. The van der Waals surface area contributed by atoms with Crippen molar-refractivity contribution in [1.29, 1.82) is 0 Å². The average molecular weight is 257 g/mol. The van der Waals surface area contributed by atoms with E-state index in [-0.39, 0.29) is 6.10 Å². The molecule has 0 fully saturated rings. The first kappa shape index (κ1) is 13.6. The molecule has 2 aromatic rings. The van der Waals surface area contributed by atoms with Gasteiger partial charge in [-0.15, -0.1) is 0 Å². The lowest BCUT2D eigenvalue weighted by molar-refractivity contribution is 0.173. The standard InChI is InChI=1S/C16H19NO2/c1-2-16(18)13-6-8-15(9-7-13)19-12-10-14-5-3-4-11-17-14/h3-9,11,16,18H,2,10,12H2,1H3. The number of aliphatic hydroxyl groups is 1. The molecule has 0 radical (unpaired) electrons. The highest BCUT2D eigenvalue weighted by Gasteiger charge is 2.04. The molecular weight excluding hydrogens is 238 g/mol. The topological polar surface area (TPSA) is 42.4 Å². The van der Waals surface area contributed by atoms with Gasteiger partial charge in [0.25, 0.3) is 0 Å². The summed E-state index contributed by atoms with van der Waals surface area (Å²) in [7, 11) is 0. The average Bonchev–Trinajstić information content (AvgIpc) is 2.48. The summed E-state index contributed by atoms with van der Waals surface area (Å²) < 4.78 is 5.66. The SMILES string of the molecule is CCC(O)c1ccc(OCCc2ccccn2)cc1. The van der Waals surface area contributed by atoms with Gasteiger partial charge in [-0.1, -0.05) is 25.1 Å². The summed E-state index contributed by atoms with van der Waals surface area (Å²) in [6.45, 7) is 2.56. The van der Waals surface area contributed by atoms with Crippen molar-refractivity contribution < 1.29 is 9.84 Å². The van der Waals surface area contributed by atoms with E-state index in [9.17, 15) is 5.11 Å². The molecule has 3 heteroatoms. The van der Waals surface area contributed by atoms with Crippen molar-refractivity contribution in [2.45, 2.75) is 25.9 Å². The van der Waals surface area contributed by atoms with E-state index in [4.69, 9.17) is 4.74 Å². The first-order valence-corrected chi connectivity index (χ1v) is 6.60. The van der Waals surface area contributed by atoms with Gasteiger partial charge in [-0.05, 0) is 36.2 Å². The second-order valence-corrected chi connectivity index (χ2v) is 4.41. The van der Waals surface area contributed by atoms with Crippen molar-refractivity contribution in [3.63, 3.8) is 0 Å². The van der Waals surface area contributed by atoms with Crippen molar-refractivity contribution in [3.8, 4) is 5.75 Å². The van der Waals surface area contributed by atoms with Crippen molar-refractivity contribution in [1.82, 2.24) is 4.98 Å². The van der Waals surface area contributed by atoms with Crippen LogP contribution in [0.5, 0.6) is 5.75 Å². The molecule has 3 nitrogen and oxygen atoms in total. The Morgan fingerprint density at radius 3 is 2.58 bits per heavy atom. The molecule has 1 aromatic carbocycles. The van der Waals surface area contributed by atoms with E-state index in [0.717, 1.165) is 29.8 Å². The van der Waals surface area contributed by atoms with Crippen LogP contribution in [0.1, 0.15) is 30.7 Å². The summed E-state index contributed by atoms with van der Waals surface area (Å²) in [5, 5.41) is 9.70. The smallest absolute Gasteiger partial charge is 0.119 e. The molecule has 0 aliphatic rings. The molecule has 1 atom stereocenters. The molecule has 0 aliphatic heterocycles. The fourth-order valence-electron chi connectivity index (χ4n) is 1.84. The summed E-state index contributed by atoms with van der Waals surface area (Å²) in [4.78, 5) is 4.25. The summed E-state index contributed by atoms with van der Waals surface area (Å²) >= 11 is 0. The van der Waals surface area contributed by atoms with Crippen LogP contribution in [-0.2, 0) is 6.42 Å².